The number of aromatic nitrogens is 3. The Balaban J connectivity index is 2.26. The van der Waals surface area contributed by atoms with Gasteiger partial charge in [0.2, 0.25) is 5.16 Å². The molecule has 2 aromatic rings. The molecule has 0 aliphatic rings. The summed E-state index contributed by atoms with van der Waals surface area (Å²) in [5, 5.41) is 13.7. The van der Waals surface area contributed by atoms with Crippen molar-refractivity contribution in [3.05, 3.63) is 35.7 Å². The predicted octanol–water partition coefficient (Wildman–Crippen LogP) is 3.07. The molecular formula is C15H21N5S. The minimum atomic E-state index is 0.284. The van der Waals surface area contributed by atoms with Gasteiger partial charge in [-0.15, -0.1) is 10.2 Å². The molecule has 0 bridgehead atoms. The van der Waals surface area contributed by atoms with Crippen LogP contribution in [0.1, 0.15) is 31.2 Å². The molecule has 0 N–H and O–H groups in total. The second-order valence-corrected chi connectivity index (χ2v) is 6.02. The molecule has 0 aliphatic carbocycles. The lowest BCUT2D eigenvalue weighted by molar-refractivity contribution is 0.668. The van der Waals surface area contributed by atoms with E-state index in [4.69, 9.17) is 0 Å². The van der Waals surface area contributed by atoms with Gasteiger partial charge < -0.3 is 4.90 Å². The number of hydrogen-bond donors (Lipinski definition) is 0. The van der Waals surface area contributed by atoms with Crippen LogP contribution in [-0.2, 0) is 0 Å². The van der Waals surface area contributed by atoms with Crippen LogP contribution in [-0.4, -0.2) is 41.4 Å². The highest BCUT2D eigenvalue weighted by atomic mass is 32.2. The number of anilines is 1. The van der Waals surface area contributed by atoms with Crippen molar-refractivity contribution in [2.75, 3.05) is 25.3 Å². The van der Waals surface area contributed by atoms with Crippen molar-refractivity contribution >= 4 is 23.7 Å². The van der Waals surface area contributed by atoms with Gasteiger partial charge in [0.1, 0.15) is 0 Å². The fraction of sp³-hybridized carbons (Fsp3) is 0.400. The summed E-state index contributed by atoms with van der Waals surface area (Å²) in [4.78, 5) is 2.07. The maximum absolute atomic E-state index is 4.54. The Morgan fingerprint density at radius 2 is 1.86 bits per heavy atom. The van der Waals surface area contributed by atoms with E-state index in [-0.39, 0.29) is 5.92 Å². The third-order valence-corrected chi connectivity index (χ3v) is 3.69. The van der Waals surface area contributed by atoms with Crippen molar-refractivity contribution < 1.29 is 0 Å². The van der Waals surface area contributed by atoms with Gasteiger partial charge in [0.05, 0.1) is 6.21 Å². The predicted molar refractivity (Wildman–Crippen MR) is 89.7 cm³/mol. The molecule has 0 saturated carbocycles. The molecule has 21 heavy (non-hydrogen) atoms. The van der Waals surface area contributed by atoms with Crippen molar-refractivity contribution in [1.82, 2.24) is 14.9 Å². The first kappa shape index (κ1) is 15.6. The second kappa shape index (κ2) is 6.76. The van der Waals surface area contributed by atoms with Crippen LogP contribution in [0.3, 0.4) is 0 Å². The summed E-state index contributed by atoms with van der Waals surface area (Å²) in [6, 6.07) is 8.26. The van der Waals surface area contributed by atoms with Gasteiger partial charge in [-0.1, -0.05) is 37.7 Å². The molecule has 5 nitrogen and oxygen atoms in total. The van der Waals surface area contributed by atoms with E-state index in [1.54, 1.807) is 11.8 Å². The van der Waals surface area contributed by atoms with Gasteiger partial charge in [-0.25, -0.2) is 0 Å². The normalized spacial score (nSPS) is 11.5. The fourth-order valence-corrected chi connectivity index (χ4v) is 2.29. The highest BCUT2D eigenvalue weighted by Crippen LogP contribution is 2.19. The zero-order valence-corrected chi connectivity index (χ0v) is 13.9. The first-order valence-corrected chi connectivity index (χ1v) is 8.06. The summed E-state index contributed by atoms with van der Waals surface area (Å²) in [6.07, 6.45) is 3.82. The molecule has 0 unspecified atom stereocenters. The lowest BCUT2D eigenvalue weighted by Gasteiger charge is -2.11. The minimum Gasteiger partial charge on any atom is -0.378 e. The van der Waals surface area contributed by atoms with E-state index < -0.39 is 0 Å². The second-order valence-electron chi connectivity index (χ2n) is 5.24. The van der Waals surface area contributed by atoms with Gasteiger partial charge in [0.25, 0.3) is 0 Å². The maximum Gasteiger partial charge on any atom is 0.211 e. The van der Waals surface area contributed by atoms with Gasteiger partial charge in [0.15, 0.2) is 5.82 Å². The van der Waals surface area contributed by atoms with Gasteiger partial charge >= 0.3 is 0 Å². The Morgan fingerprint density at radius 3 is 2.38 bits per heavy atom. The Kier molecular flexibility index (Phi) is 5.01. The zero-order valence-electron chi connectivity index (χ0n) is 13.1. The van der Waals surface area contributed by atoms with Gasteiger partial charge in [-0.2, -0.15) is 9.78 Å². The Hall–Kier alpha value is -1.82. The van der Waals surface area contributed by atoms with Crippen LogP contribution in [0.2, 0.25) is 0 Å². The van der Waals surface area contributed by atoms with E-state index in [0.717, 1.165) is 16.5 Å². The number of rotatable bonds is 5. The molecule has 0 fully saturated rings. The lowest BCUT2D eigenvalue weighted by Crippen LogP contribution is -2.08. The molecule has 2 rings (SSSR count). The summed E-state index contributed by atoms with van der Waals surface area (Å²) in [7, 11) is 4.06. The number of hydrogen-bond acceptors (Lipinski definition) is 5. The molecular weight excluding hydrogens is 282 g/mol. The number of nitrogens with zero attached hydrogens (tertiary/aromatic N) is 5. The average molecular weight is 303 g/mol. The highest BCUT2D eigenvalue weighted by molar-refractivity contribution is 7.98. The maximum atomic E-state index is 4.54. The topological polar surface area (TPSA) is 46.3 Å². The van der Waals surface area contributed by atoms with E-state index in [0.29, 0.717) is 0 Å². The van der Waals surface area contributed by atoms with E-state index in [2.05, 4.69) is 58.3 Å². The van der Waals surface area contributed by atoms with E-state index in [1.807, 2.05) is 31.2 Å². The lowest BCUT2D eigenvalue weighted by atomic mass is 10.2. The molecule has 112 valence electrons. The number of thioether (sulfide) groups is 1. The van der Waals surface area contributed by atoms with E-state index in [1.165, 1.54) is 5.69 Å². The van der Waals surface area contributed by atoms with Gasteiger partial charge in [0, 0.05) is 25.7 Å². The summed E-state index contributed by atoms with van der Waals surface area (Å²) in [5.41, 5.74) is 2.22. The molecule has 0 saturated heterocycles. The molecule has 1 heterocycles. The van der Waals surface area contributed by atoms with E-state index >= 15 is 0 Å². The molecule has 0 atom stereocenters. The van der Waals surface area contributed by atoms with Crippen LogP contribution in [0.4, 0.5) is 5.69 Å². The monoisotopic (exact) mass is 303 g/mol. The Bertz CT molecular complexity index is 613. The van der Waals surface area contributed by atoms with Crippen molar-refractivity contribution in [3.63, 3.8) is 0 Å². The van der Waals surface area contributed by atoms with Crippen LogP contribution < -0.4 is 4.90 Å². The first-order valence-electron chi connectivity index (χ1n) is 6.84. The zero-order chi connectivity index (χ0) is 15.4. The number of benzene rings is 1. The summed E-state index contributed by atoms with van der Waals surface area (Å²) in [6.45, 7) is 4.18. The Morgan fingerprint density at radius 1 is 1.19 bits per heavy atom. The van der Waals surface area contributed by atoms with Crippen LogP contribution in [0.15, 0.2) is 34.5 Å². The average Bonchev–Trinajstić information content (AvgIpc) is 2.88. The van der Waals surface area contributed by atoms with Crippen LogP contribution in [0.5, 0.6) is 0 Å². The summed E-state index contributed by atoms with van der Waals surface area (Å²) >= 11 is 1.54. The Labute approximate surface area is 130 Å². The minimum absolute atomic E-state index is 0.284. The summed E-state index contributed by atoms with van der Waals surface area (Å²) in [5.74, 6) is 1.16. The third kappa shape index (κ3) is 3.64. The van der Waals surface area contributed by atoms with Crippen molar-refractivity contribution in [2.24, 2.45) is 5.10 Å². The van der Waals surface area contributed by atoms with Crippen molar-refractivity contribution in [1.29, 1.82) is 0 Å². The SMILES string of the molecule is CSc1nnc(C(C)C)n1/N=C\c1ccc(N(C)C)cc1. The molecule has 0 amide bonds. The largest absolute Gasteiger partial charge is 0.378 e. The van der Waals surface area contributed by atoms with Crippen LogP contribution in [0.25, 0.3) is 0 Å². The molecule has 1 aromatic carbocycles. The van der Waals surface area contributed by atoms with Gasteiger partial charge in [-0.05, 0) is 24.0 Å². The van der Waals surface area contributed by atoms with Crippen molar-refractivity contribution in [3.8, 4) is 0 Å². The molecule has 0 spiro atoms. The third-order valence-electron chi connectivity index (χ3n) is 3.07. The van der Waals surface area contributed by atoms with Gasteiger partial charge in [-0.3, -0.25) is 0 Å². The standard InChI is InChI=1S/C15H21N5S/c1-11(2)14-17-18-15(21-5)20(14)16-10-12-6-8-13(9-7-12)19(3)4/h6-11H,1-5H3/b16-10-. The molecule has 1 aromatic heterocycles. The van der Waals surface area contributed by atoms with E-state index in [9.17, 15) is 0 Å². The molecule has 0 radical (unpaired) electrons. The highest BCUT2D eigenvalue weighted by Gasteiger charge is 2.13. The summed E-state index contributed by atoms with van der Waals surface area (Å²) < 4.78 is 1.81. The van der Waals surface area contributed by atoms with Crippen LogP contribution >= 0.6 is 11.8 Å². The van der Waals surface area contributed by atoms with Crippen LogP contribution in [0, 0.1) is 0 Å². The van der Waals surface area contributed by atoms with Crippen molar-refractivity contribution in [2.45, 2.75) is 24.9 Å². The molecule has 0 aliphatic heterocycles. The smallest absolute Gasteiger partial charge is 0.211 e. The fourth-order valence-electron chi connectivity index (χ4n) is 1.86. The first-order chi connectivity index (χ1) is 10.0. The quantitative estimate of drug-likeness (QED) is 0.629. The molecule has 6 heteroatoms.